The van der Waals surface area contributed by atoms with Crippen molar-refractivity contribution in [1.29, 1.82) is 0 Å². The normalized spacial score (nSPS) is 11.8. The smallest absolute Gasteiger partial charge is 0.326 e. The van der Waals surface area contributed by atoms with Crippen LogP contribution in [-0.2, 0) is 17.8 Å². The molecule has 5 heteroatoms. The van der Waals surface area contributed by atoms with Crippen LogP contribution in [0.2, 0.25) is 0 Å². The van der Waals surface area contributed by atoms with Gasteiger partial charge >= 0.3 is 5.97 Å². The van der Waals surface area contributed by atoms with Gasteiger partial charge in [0.2, 0.25) is 0 Å². The summed E-state index contributed by atoms with van der Waals surface area (Å²) in [4.78, 5) is 13.7. The molecule has 0 saturated heterocycles. The van der Waals surface area contributed by atoms with Gasteiger partial charge in [-0.25, -0.2) is 4.79 Å². The van der Waals surface area contributed by atoms with Crippen molar-refractivity contribution in [3.05, 3.63) is 71.8 Å². The molecule has 4 nitrogen and oxygen atoms in total. The van der Waals surface area contributed by atoms with E-state index < -0.39 is 12.0 Å². The van der Waals surface area contributed by atoms with Gasteiger partial charge in [0.1, 0.15) is 6.04 Å². The summed E-state index contributed by atoms with van der Waals surface area (Å²) in [5.41, 5.74) is 2.11. The molecule has 0 aliphatic heterocycles. The zero-order valence-corrected chi connectivity index (χ0v) is 16.1. The Morgan fingerprint density at radius 2 is 1.58 bits per heavy atom. The van der Waals surface area contributed by atoms with Crippen molar-refractivity contribution in [3.63, 3.8) is 0 Å². The molecule has 0 aliphatic carbocycles. The Balaban J connectivity index is 2.08. The Labute approximate surface area is 160 Å². The van der Waals surface area contributed by atoms with Crippen molar-refractivity contribution in [2.45, 2.75) is 32.9 Å². The van der Waals surface area contributed by atoms with Gasteiger partial charge in [0, 0.05) is 19.5 Å². The van der Waals surface area contributed by atoms with E-state index in [0.29, 0.717) is 24.0 Å². The summed E-state index contributed by atoms with van der Waals surface area (Å²) in [6.45, 7) is 5.67. The number of nitrogens with one attached hydrogen (secondary N) is 1. The van der Waals surface area contributed by atoms with E-state index >= 15 is 0 Å². The van der Waals surface area contributed by atoms with Gasteiger partial charge in [-0.15, -0.1) is 0 Å². The first-order valence-electron chi connectivity index (χ1n) is 8.81. The van der Waals surface area contributed by atoms with Crippen molar-refractivity contribution >= 4 is 23.3 Å². The third kappa shape index (κ3) is 6.48. The van der Waals surface area contributed by atoms with Crippen molar-refractivity contribution in [3.8, 4) is 0 Å². The van der Waals surface area contributed by atoms with Crippen molar-refractivity contribution in [2.24, 2.45) is 5.92 Å². The highest BCUT2D eigenvalue weighted by Crippen LogP contribution is 2.10. The highest BCUT2D eigenvalue weighted by molar-refractivity contribution is 7.80. The SMILES string of the molecule is CC(C)CN(Cc1ccccc1)C(=S)N[C@@H](Cc1ccccc1)C(=O)O. The Bertz CT molecular complexity index is 704. The molecule has 0 aliphatic rings. The predicted molar refractivity (Wildman–Crippen MR) is 109 cm³/mol. The van der Waals surface area contributed by atoms with E-state index in [-0.39, 0.29) is 0 Å². The number of thiocarbonyl (C=S) groups is 1. The highest BCUT2D eigenvalue weighted by atomic mass is 32.1. The van der Waals surface area contributed by atoms with E-state index in [2.05, 4.69) is 31.3 Å². The van der Waals surface area contributed by atoms with Gasteiger partial charge in [-0.3, -0.25) is 0 Å². The van der Waals surface area contributed by atoms with Gasteiger partial charge in [0.05, 0.1) is 0 Å². The molecule has 2 rings (SSSR count). The summed E-state index contributed by atoms with van der Waals surface area (Å²) in [7, 11) is 0. The van der Waals surface area contributed by atoms with Crippen LogP contribution in [0.25, 0.3) is 0 Å². The van der Waals surface area contributed by atoms with Gasteiger partial charge in [0.15, 0.2) is 5.11 Å². The summed E-state index contributed by atoms with van der Waals surface area (Å²) >= 11 is 5.56. The van der Waals surface area contributed by atoms with E-state index in [1.165, 1.54) is 0 Å². The maximum absolute atomic E-state index is 11.7. The molecule has 0 bridgehead atoms. The fourth-order valence-corrected chi connectivity index (χ4v) is 3.04. The van der Waals surface area contributed by atoms with Crippen molar-refractivity contribution < 1.29 is 9.90 Å². The zero-order valence-electron chi connectivity index (χ0n) is 15.3. The summed E-state index contributed by atoms with van der Waals surface area (Å²) in [6, 6.07) is 18.9. The second-order valence-electron chi connectivity index (χ2n) is 6.79. The molecule has 0 saturated carbocycles. The molecule has 0 unspecified atom stereocenters. The van der Waals surface area contributed by atoms with E-state index in [9.17, 15) is 9.90 Å². The Kier molecular flexibility index (Phi) is 7.60. The minimum absolute atomic E-state index is 0.386. The summed E-state index contributed by atoms with van der Waals surface area (Å²) < 4.78 is 0. The lowest BCUT2D eigenvalue weighted by Gasteiger charge is -2.29. The molecule has 138 valence electrons. The fraction of sp³-hybridized carbons (Fsp3) is 0.333. The maximum Gasteiger partial charge on any atom is 0.326 e. The standard InChI is InChI=1S/C21H26N2O2S/c1-16(2)14-23(15-18-11-7-4-8-12-18)21(26)22-19(20(24)25)13-17-9-5-3-6-10-17/h3-12,16,19H,13-15H2,1-2H3,(H,22,26)(H,24,25)/t19-/m0/s1. The fourth-order valence-electron chi connectivity index (χ4n) is 2.75. The predicted octanol–water partition coefficient (Wildman–Crippen LogP) is 3.72. The van der Waals surface area contributed by atoms with Gasteiger partial charge in [0.25, 0.3) is 0 Å². The monoisotopic (exact) mass is 370 g/mol. The van der Waals surface area contributed by atoms with E-state index in [0.717, 1.165) is 17.7 Å². The first kappa shape index (κ1) is 19.9. The van der Waals surface area contributed by atoms with E-state index in [1.54, 1.807) is 0 Å². The van der Waals surface area contributed by atoms with Crippen LogP contribution in [0.15, 0.2) is 60.7 Å². The minimum atomic E-state index is -0.902. The zero-order chi connectivity index (χ0) is 18.9. The third-order valence-corrected chi connectivity index (χ3v) is 4.34. The van der Waals surface area contributed by atoms with Gasteiger partial charge in [-0.2, -0.15) is 0 Å². The van der Waals surface area contributed by atoms with Crippen LogP contribution in [0.4, 0.5) is 0 Å². The Hall–Kier alpha value is -2.40. The molecule has 1 atom stereocenters. The number of benzene rings is 2. The lowest BCUT2D eigenvalue weighted by Crippen LogP contribution is -2.49. The molecule has 0 fully saturated rings. The average molecular weight is 371 g/mol. The van der Waals surface area contributed by atoms with Gasteiger partial charge < -0.3 is 15.3 Å². The lowest BCUT2D eigenvalue weighted by atomic mass is 10.1. The van der Waals surface area contributed by atoms with E-state index in [1.807, 2.05) is 53.4 Å². The van der Waals surface area contributed by atoms with Crippen LogP contribution in [0.1, 0.15) is 25.0 Å². The largest absolute Gasteiger partial charge is 0.480 e. The summed E-state index contributed by atoms with van der Waals surface area (Å²) in [5, 5.41) is 13.1. The Morgan fingerprint density at radius 1 is 1.04 bits per heavy atom. The molecular weight excluding hydrogens is 344 g/mol. The molecule has 0 radical (unpaired) electrons. The number of hydrogen-bond donors (Lipinski definition) is 2. The first-order valence-corrected chi connectivity index (χ1v) is 9.22. The highest BCUT2D eigenvalue weighted by Gasteiger charge is 2.22. The number of nitrogens with zero attached hydrogens (tertiary/aromatic N) is 1. The number of aliphatic carboxylic acids is 1. The van der Waals surface area contributed by atoms with Gasteiger partial charge in [-0.05, 0) is 29.3 Å². The summed E-state index contributed by atoms with van der Waals surface area (Å²) in [5.74, 6) is -0.490. The maximum atomic E-state index is 11.7. The first-order chi connectivity index (χ1) is 12.5. The van der Waals surface area contributed by atoms with Gasteiger partial charge in [-0.1, -0.05) is 74.5 Å². The minimum Gasteiger partial charge on any atom is -0.480 e. The molecular formula is C21H26N2O2S. The average Bonchev–Trinajstić information content (AvgIpc) is 2.62. The number of carboxylic acids is 1. The topological polar surface area (TPSA) is 52.6 Å². The van der Waals surface area contributed by atoms with Crippen LogP contribution >= 0.6 is 12.2 Å². The molecule has 0 heterocycles. The Morgan fingerprint density at radius 3 is 2.08 bits per heavy atom. The number of rotatable bonds is 8. The second kappa shape index (κ2) is 9.92. The molecule has 0 spiro atoms. The molecule has 26 heavy (non-hydrogen) atoms. The molecule has 0 aromatic heterocycles. The number of hydrogen-bond acceptors (Lipinski definition) is 2. The van der Waals surface area contributed by atoms with Crippen LogP contribution in [0, 0.1) is 5.92 Å². The number of carbonyl (C=O) groups is 1. The summed E-state index contributed by atoms with van der Waals surface area (Å²) in [6.07, 6.45) is 0.386. The number of carboxylic acid groups (broad SMARTS) is 1. The van der Waals surface area contributed by atoms with Crippen molar-refractivity contribution in [2.75, 3.05) is 6.54 Å². The third-order valence-electron chi connectivity index (χ3n) is 3.97. The molecule has 2 N–H and O–H groups in total. The molecule has 0 amide bonds. The molecule has 2 aromatic carbocycles. The van der Waals surface area contributed by atoms with Crippen LogP contribution in [-0.4, -0.2) is 33.7 Å². The van der Waals surface area contributed by atoms with Crippen LogP contribution < -0.4 is 5.32 Å². The second-order valence-corrected chi connectivity index (χ2v) is 7.18. The van der Waals surface area contributed by atoms with Crippen LogP contribution in [0.5, 0.6) is 0 Å². The quantitative estimate of drug-likeness (QED) is 0.694. The van der Waals surface area contributed by atoms with E-state index in [4.69, 9.17) is 12.2 Å². The van der Waals surface area contributed by atoms with Crippen molar-refractivity contribution in [1.82, 2.24) is 10.2 Å². The molecule has 2 aromatic rings. The lowest BCUT2D eigenvalue weighted by molar-refractivity contribution is -0.139. The van der Waals surface area contributed by atoms with Crippen LogP contribution in [0.3, 0.4) is 0 Å².